The van der Waals surface area contributed by atoms with Gasteiger partial charge in [-0.1, -0.05) is 32.9 Å². The van der Waals surface area contributed by atoms with Gasteiger partial charge in [-0.05, 0) is 30.9 Å². The fourth-order valence-corrected chi connectivity index (χ4v) is 2.11. The standard InChI is InChI=1S/C17H23N3O/c1-6-19-15-10-18-11-16(20-15)21-14-9-12(2)7-8-13(14)17(3,4)5/h7-11H,6H2,1-5H3,(H,19,20). The third-order valence-electron chi connectivity index (χ3n) is 3.13. The van der Waals surface area contributed by atoms with Crippen molar-refractivity contribution in [1.29, 1.82) is 0 Å². The van der Waals surface area contributed by atoms with E-state index in [0.29, 0.717) is 5.88 Å². The molecule has 0 saturated heterocycles. The summed E-state index contributed by atoms with van der Waals surface area (Å²) >= 11 is 0. The number of hydrogen-bond donors (Lipinski definition) is 1. The molecule has 1 aromatic carbocycles. The van der Waals surface area contributed by atoms with Crippen LogP contribution in [0.15, 0.2) is 30.6 Å². The molecule has 0 unspecified atom stereocenters. The van der Waals surface area contributed by atoms with Crippen molar-refractivity contribution in [2.24, 2.45) is 0 Å². The third-order valence-corrected chi connectivity index (χ3v) is 3.13. The van der Waals surface area contributed by atoms with E-state index in [4.69, 9.17) is 4.74 Å². The van der Waals surface area contributed by atoms with Gasteiger partial charge in [0.2, 0.25) is 5.88 Å². The molecule has 0 aliphatic heterocycles. The van der Waals surface area contributed by atoms with E-state index in [9.17, 15) is 0 Å². The molecule has 1 heterocycles. The predicted molar refractivity (Wildman–Crippen MR) is 86.1 cm³/mol. The van der Waals surface area contributed by atoms with Crippen molar-refractivity contribution < 1.29 is 4.74 Å². The predicted octanol–water partition coefficient (Wildman–Crippen LogP) is 4.31. The number of anilines is 1. The molecule has 0 aliphatic rings. The highest BCUT2D eigenvalue weighted by Crippen LogP contribution is 2.34. The number of nitrogens with one attached hydrogen (secondary N) is 1. The molecule has 0 fully saturated rings. The van der Waals surface area contributed by atoms with Gasteiger partial charge in [0.15, 0.2) is 0 Å². The molecule has 4 nitrogen and oxygen atoms in total. The average molecular weight is 285 g/mol. The van der Waals surface area contributed by atoms with E-state index in [1.54, 1.807) is 12.4 Å². The van der Waals surface area contributed by atoms with Gasteiger partial charge in [-0.3, -0.25) is 4.98 Å². The van der Waals surface area contributed by atoms with Gasteiger partial charge >= 0.3 is 0 Å². The van der Waals surface area contributed by atoms with Crippen molar-refractivity contribution in [3.63, 3.8) is 0 Å². The van der Waals surface area contributed by atoms with E-state index in [1.807, 2.05) is 13.0 Å². The van der Waals surface area contributed by atoms with Crippen molar-refractivity contribution in [1.82, 2.24) is 9.97 Å². The fraction of sp³-hybridized carbons (Fsp3) is 0.412. The Morgan fingerprint density at radius 1 is 1.19 bits per heavy atom. The smallest absolute Gasteiger partial charge is 0.239 e. The maximum Gasteiger partial charge on any atom is 0.239 e. The van der Waals surface area contributed by atoms with Gasteiger partial charge in [0, 0.05) is 12.1 Å². The van der Waals surface area contributed by atoms with E-state index >= 15 is 0 Å². The zero-order valence-corrected chi connectivity index (χ0v) is 13.4. The Morgan fingerprint density at radius 3 is 2.62 bits per heavy atom. The fourth-order valence-electron chi connectivity index (χ4n) is 2.11. The monoisotopic (exact) mass is 285 g/mol. The number of nitrogens with zero attached hydrogens (tertiary/aromatic N) is 2. The van der Waals surface area contributed by atoms with Crippen LogP contribution in [0, 0.1) is 6.92 Å². The van der Waals surface area contributed by atoms with Gasteiger partial charge in [0.1, 0.15) is 11.6 Å². The lowest BCUT2D eigenvalue weighted by Gasteiger charge is -2.22. The first kappa shape index (κ1) is 15.3. The average Bonchev–Trinajstić information content (AvgIpc) is 2.38. The van der Waals surface area contributed by atoms with Gasteiger partial charge in [-0.15, -0.1) is 0 Å². The van der Waals surface area contributed by atoms with E-state index in [0.717, 1.165) is 29.2 Å². The van der Waals surface area contributed by atoms with E-state index in [2.05, 4.69) is 55.1 Å². The molecule has 1 N–H and O–H groups in total. The minimum Gasteiger partial charge on any atom is -0.437 e. The van der Waals surface area contributed by atoms with Gasteiger partial charge in [0.05, 0.1) is 12.4 Å². The van der Waals surface area contributed by atoms with Gasteiger partial charge in [-0.2, -0.15) is 4.98 Å². The number of hydrogen-bond acceptors (Lipinski definition) is 4. The summed E-state index contributed by atoms with van der Waals surface area (Å²) in [5, 5.41) is 3.14. The van der Waals surface area contributed by atoms with Crippen LogP contribution in [-0.2, 0) is 5.41 Å². The summed E-state index contributed by atoms with van der Waals surface area (Å²) in [5.74, 6) is 2.06. The Balaban J connectivity index is 2.34. The summed E-state index contributed by atoms with van der Waals surface area (Å²) in [6.45, 7) is 11.4. The van der Waals surface area contributed by atoms with Crippen LogP contribution in [0.3, 0.4) is 0 Å². The van der Waals surface area contributed by atoms with E-state index < -0.39 is 0 Å². The maximum absolute atomic E-state index is 5.99. The highest BCUT2D eigenvalue weighted by atomic mass is 16.5. The first-order chi connectivity index (χ1) is 9.90. The largest absolute Gasteiger partial charge is 0.437 e. The summed E-state index contributed by atoms with van der Waals surface area (Å²) < 4.78 is 5.99. The molecule has 0 amide bonds. The van der Waals surface area contributed by atoms with Gasteiger partial charge in [0.25, 0.3) is 0 Å². The topological polar surface area (TPSA) is 47.0 Å². The lowest BCUT2D eigenvalue weighted by atomic mass is 9.86. The second-order valence-corrected chi connectivity index (χ2v) is 6.12. The van der Waals surface area contributed by atoms with Crippen molar-refractivity contribution in [2.45, 2.75) is 40.0 Å². The molecule has 0 radical (unpaired) electrons. The molecule has 0 aliphatic carbocycles. The number of benzene rings is 1. The molecule has 2 aromatic rings. The zero-order valence-electron chi connectivity index (χ0n) is 13.4. The summed E-state index contributed by atoms with van der Waals surface area (Å²) in [6, 6.07) is 6.27. The molecule has 0 saturated carbocycles. The molecule has 21 heavy (non-hydrogen) atoms. The van der Waals surface area contributed by atoms with Crippen molar-refractivity contribution >= 4 is 5.82 Å². The molecule has 4 heteroatoms. The van der Waals surface area contributed by atoms with Crippen LogP contribution < -0.4 is 10.1 Å². The second kappa shape index (κ2) is 6.12. The molecular weight excluding hydrogens is 262 g/mol. The number of rotatable bonds is 4. The Kier molecular flexibility index (Phi) is 4.46. The lowest BCUT2D eigenvalue weighted by molar-refractivity contribution is 0.438. The zero-order chi connectivity index (χ0) is 15.5. The quantitative estimate of drug-likeness (QED) is 0.909. The van der Waals surface area contributed by atoms with Crippen LogP contribution in [-0.4, -0.2) is 16.5 Å². The van der Waals surface area contributed by atoms with Gasteiger partial charge in [-0.25, -0.2) is 0 Å². The Bertz CT molecular complexity index is 618. The van der Waals surface area contributed by atoms with E-state index in [-0.39, 0.29) is 5.41 Å². The number of ether oxygens (including phenoxy) is 1. The summed E-state index contributed by atoms with van der Waals surface area (Å²) in [5.41, 5.74) is 2.33. The van der Waals surface area contributed by atoms with Crippen LogP contribution >= 0.6 is 0 Å². The molecular formula is C17H23N3O. The summed E-state index contributed by atoms with van der Waals surface area (Å²) in [7, 11) is 0. The lowest BCUT2D eigenvalue weighted by Crippen LogP contribution is -2.13. The van der Waals surface area contributed by atoms with E-state index in [1.165, 1.54) is 0 Å². The van der Waals surface area contributed by atoms with Gasteiger partial charge < -0.3 is 10.1 Å². The minimum atomic E-state index is 0.00966. The molecule has 0 bridgehead atoms. The first-order valence-corrected chi connectivity index (χ1v) is 7.25. The SMILES string of the molecule is CCNc1cncc(Oc2cc(C)ccc2C(C)(C)C)n1. The molecule has 112 valence electrons. The Labute approximate surface area is 126 Å². The van der Waals surface area contributed by atoms with Crippen molar-refractivity contribution in [3.05, 3.63) is 41.7 Å². The number of aromatic nitrogens is 2. The maximum atomic E-state index is 5.99. The van der Waals surface area contributed by atoms with Crippen LogP contribution in [0.4, 0.5) is 5.82 Å². The minimum absolute atomic E-state index is 0.00966. The van der Waals surface area contributed by atoms with Crippen LogP contribution in [0.25, 0.3) is 0 Å². The molecule has 2 rings (SSSR count). The highest BCUT2D eigenvalue weighted by Gasteiger charge is 2.19. The normalized spacial score (nSPS) is 11.3. The third kappa shape index (κ3) is 3.94. The molecule has 0 atom stereocenters. The molecule has 1 aromatic heterocycles. The second-order valence-electron chi connectivity index (χ2n) is 6.12. The van der Waals surface area contributed by atoms with Crippen LogP contribution in [0.1, 0.15) is 38.8 Å². The summed E-state index contributed by atoms with van der Waals surface area (Å²) in [4.78, 5) is 8.58. The Morgan fingerprint density at radius 2 is 1.95 bits per heavy atom. The van der Waals surface area contributed by atoms with Crippen molar-refractivity contribution in [2.75, 3.05) is 11.9 Å². The first-order valence-electron chi connectivity index (χ1n) is 7.25. The van der Waals surface area contributed by atoms with Crippen molar-refractivity contribution in [3.8, 4) is 11.6 Å². The highest BCUT2D eigenvalue weighted by molar-refractivity contribution is 5.43. The van der Waals surface area contributed by atoms with Crippen LogP contribution in [0.5, 0.6) is 11.6 Å². The Hall–Kier alpha value is -2.10. The summed E-state index contributed by atoms with van der Waals surface area (Å²) in [6.07, 6.45) is 3.33. The van der Waals surface area contributed by atoms with Crippen LogP contribution in [0.2, 0.25) is 0 Å². The number of aryl methyl sites for hydroxylation is 1. The molecule has 0 spiro atoms.